The zero-order valence-corrected chi connectivity index (χ0v) is 11.1. The molecule has 1 nitrogen and oxygen atoms in total. The van der Waals surface area contributed by atoms with Gasteiger partial charge in [0.05, 0.1) is 6.10 Å². The minimum atomic E-state index is 0.571. The van der Waals surface area contributed by atoms with Crippen molar-refractivity contribution in [3.05, 3.63) is 0 Å². The van der Waals surface area contributed by atoms with Gasteiger partial charge in [-0.3, -0.25) is 0 Å². The largest absolute Gasteiger partial charge is 0.377 e. The SMILES string of the molecule is ICC1OCCC12CCCCCCC2. The molecule has 0 aromatic heterocycles. The van der Waals surface area contributed by atoms with E-state index < -0.39 is 0 Å². The smallest absolute Gasteiger partial charge is 0.0721 e. The summed E-state index contributed by atoms with van der Waals surface area (Å²) in [6.07, 6.45) is 12.0. The molecule has 2 rings (SSSR count). The van der Waals surface area contributed by atoms with Gasteiger partial charge in [0.2, 0.25) is 0 Å². The third-order valence-electron chi connectivity index (χ3n) is 4.09. The van der Waals surface area contributed by atoms with Crippen molar-refractivity contribution in [2.75, 3.05) is 11.0 Å². The Bertz CT molecular complexity index is 173. The Morgan fingerprint density at radius 3 is 2.29 bits per heavy atom. The molecule has 14 heavy (non-hydrogen) atoms. The minimum absolute atomic E-state index is 0.571. The monoisotopic (exact) mass is 308 g/mol. The lowest BCUT2D eigenvalue weighted by Gasteiger charge is -2.35. The molecule has 82 valence electrons. The van der Waals surface area contributed by atoms with Gasteiger partial charge in [0, 0.05) is 11.0 Å². The second-order valence-electron chi connectivity index (χ2n) is 4.89. The van der Waals surface area contributed by atoms with Gasteiger partial charge in [-0.2, -0.15) is 0 Å². The fourth-order valence-electron chi connectivity index (χ4n) is 3.13. The first-order valence-corrected chi connectivity index (χ1v) is 7.57. The Morgan fingerprint density at radius 2 is 1.64 bits per heavy atom. The molecule has 1 saturated carbocycles. The maximum Gasteiger partial charge on any atom is 0.0721 e. The second-order valence-corrected chi connectivity index (χ2v) is 5.77. The van der Waals surface area contributed by atoms with Gasteiger partial charge in [-0.15, -0.1) is 0 Å². The van der Waals surface area contributed by atoms with Crippen molar-refractivity contribution in [3.8, 4) is 0 Å². The van der Waals surface area contributed by atoms with Crippen LogP contribution in [0.25, 0.3) is 0 Å². The van der Waals surface area contributed by atoms with Crippen LogP contribution in [-0.2, 0) is 4.74 Å². The van der Waals surface area contributed by atoms with Crippen molar-refractivity contribution in [1.29, 1.82) is 0 Å². The summed E-state index contributed by atoms with van der Waals surface area (Å²) in [6, 6.07) is 0. The maximum absolute atomic E-state index is 5.88. The van der Waals surface area contributed by atoms with Crippen molar-refractivity contribution in [2.45, 2.75) is 57.5 Å². The first-order chi connectivity index (χ1) is 6.87. The zero-order valence-electron chi connectivity index (χ0n) is 8.93. The van der Waals surface area contributed by atoms with Gasteiger partial charge in [-0.05, 0) is 24.7 Å². The van der Waals surface area contributed by atoms with Crippen molar-refractivity contribution >= 4 is 22.6 Å². The first-order valence-electron chi connectivity index (χ1n) is 6.05. The highest BCUT2D eigenvalue weighted by Crippen LogP contribution is 2.45. The van der Waals surface area contributed by atoms with Crippen LogP contribution in [0.15, 0.2) is 0 Å². The summed E-state index contributed by atoms with van der Waals surface area (Å²) in [6.45, 7) is 1.02. The lowest BCUT2D eigenvalue weighted by Crippen LogP contribution is -2.32. The molecule has 0 aromatic rings. The summed E-state index contributed by atoms with van der Waals surface area (Å²) in [7, 11) is 0. The Balaban J connectivity index is 2.02. The minimum Gasteiger partial charge on any atom is -0.377 e. The van der Waals surface area contributed by atoms with E-state index in [0.29, 0.717) is 11.5 Å². The highest BCUT2D eigenvalue weighted by Gasteiger charge is 2.42. The van der Waals surface area contributed by atoms with Crippen LogP contribution in [0.2, 0.25) is 0 Å². The van der Waals surface area contributed by atoms with Crippen LogP contribution in [0.3, 0.4) is 0 Å². The first kappa shape index (κ1) is 11.2. The van der Waals surface area contributed by atoms with Crippen LogP contribution in [0.1, 0.15) is 51.4 Å². The molecule has 2 aliphatic rings. The summed E-state index contributed by atoms with van der Waals surface area (Å²) in [5.41, 5.74) is 0.585. The van der Waals surface area contributed by atoms with E-state index in [1.807, 2.05) is 0 Å². The number of hydrogen-bond acceptors (Lipinski definition) is 1. The predicted octanol–water partition coefficient (Wildman–Crippen LogP) is 3.94. The molecular weight excluding hydrogens is 287 g/mol. The molecule has 0 bridgehead atoms. The van der Waals surface area contributed by atoms with Crippen LogP contribution in [0.4, 0.5) is 0 Å². The number of alkyl halides is 1. The molecule has 1 atom stereocenters. The summed E-state index contributed by atoms with van der Waals surface area (Å²) in [5.74, 6) is 0. The third kappa shape index (κ3) is 2.26. The highest BCUT2D eigenvalue weighted by molar-refractivity contribution is 14.1. The van der Waals surface area contributed by atoms with Gasteiger partial charge < -0.3 is 4.74 Å². The summed E-state index contributed by atoms with van der Waals surface area (Å²) in [5, 5.41) is 0. The molecule has 2 fully saturated rings. The summed E-state index contributed by atoms with van der Waals surface area (Å²) < 4.78 is 7.08. The van der Waals surface area contributed by atoms with E-state index in [1.54, 1.807) is 0 Å². The molecule has 1 aliphatic carbocycles. The van der Waals surface area contributed by atoms with E-state index in [1.165, 1.54) is 55.8 Å². The predicted molar refractivity (Wildman–Crippen MR) is 68.0 cm³/mol. The molecule has 2 heteroatoms. The molecule has 0 amide bonds. The Morgan fingerprint density at radius 1 is 1.00 bits per heavy atom. The number of rotatable bonds is 1. The van der Waals surface area contributed by atoms with Crippen LogP contribution >= 0.6 is 22.6 Å². The fourth-order valence-corrected chi connectivity index (χ4v) is 4.32. The lowest BCUT2D eigenvalue weighted by molar-refractivity contribution is 0.0543. The van der Waals surface area contributed by atoms with Gasteiger partial charge >= 0.3 is 0 Å². The Kier molecular flexibility index (Phi) is 4.11. The quantitative estimate of drug-likeness (QED) is 0.526. The van der Waals surface area contributed by atoms with E-state index in [9.17, 15) is 0 Å². The Labute approximate surface area is 101 Å². The van der Waals surface area contributed by atoms with Crippen molar-refractivity contribution in [3.63, 3.8) is 0 Å². The average Bonchev–Trinajstić information content (AvgIpc) is 2.55. The third-order valence-corrected chi connectivity index (χ3v) is 4.89. The van der Waals surface area contributed by atoms with Gasteiger partial charge in [-0.1, -0.05) is 54.7 Å². The highest BCUT2D eigenvalue weighted by atomic mass is 127. The molecule has 1 saturated heterocycles. The van der Waals surface area contributed by atoms with Crippen molar-refractivity contribution < 1.29 is 4.74 Å². The van der Waals surface area contributed by atoms with E-state index in [0.717, 1.165) is 6.61 Å². The van der Waals surface area contributed by atoms with Crippen LogP contribution in [0.5, 0.6) is 0 Å². The Hall–Kier alpha value is 0.690. The lowest BCUT2D eigenvalue weighted by atomic mass is 9.72. The van der Waals surface area contributed by atoms with E-state index in [2.05, 4.69) is 22.6 Å². The van der Waals surface area contributed by atoms with E-state index in [4.69, 9.17) is 4.74 Å². The molecule has 1 aliphatic heterocycles. The van der Waals surface area contributed by atoms with Gasteiger partial charge in [0.25, 0.3) is 0 Å². The van der Waals surface area contributed by atoms with E-state index >= 15 is 0 Å². The molecule has 0 N–H and O–H groups in total. The number of hydrogen-bond donors (Lipinski definition) is 0. The van der Waals surface area contributed by atoms with Gasteiger partial charge in [-0.25, -0.2) is 0 Å². The molecular formula is C12H21IO. The number of ether oxygens (including phenoxy) is 1. The van der Waals surface area contributed by atoms with Crippen LogP contribution in [0, 0.1) is 5.41 Å². The van der Waals surface area contributed by atoms with Gasteiger partial charge in [0.1, 0.15) is 0 Å². The van der Waals surface area contributed by atoms with Crippen LogP contribution in [-0.4, -0.2) is 17.1 Å². The molecule has 1 unspecified atom stereocenters. The molecule has 1 spiro atoms. The van der Waals surface area contributed by atoms with Gasteiger partial charge in [0.15, 0.2) is 0 Å². The van der Waals surface area contributed by atoms with E-state index in [-0.39, 0.29) is 0 Å². The molecule has 1 heterocycles. The maximum atomic E-state index is 5.88. The normalized spacial score (nSPS) is 32.8. The van der Waals surface area contributed by atoms with Crippen LogP contribution < -0.4 is 0 Å². The average molecular weight is 308 g/mol. The topological polar surface area (TPSA) is 9.23 Å². The van der Waals surface area contributed by atoms with Crippen molar-refractivity contribution in [2.24, 2.45) is 5.41 Å². The fraction of sp³-hybridized carbons (Fsp3) is 1.00. The van der Waals surface area contributed by atoms with Crippen molar-refractivity contribution in [1.82, 2.24) is 0 Å². The summed E-state index contributed by atoms with van der Waals surface area (Å²) >= 11 is 2.50. The second kappa shape index (κ2) is 5.15. The molecule has 0 radical (unpaired) electrons. The number of halogens is 1. The molecule has 0 aromatic carbocycles. The standard InChI is InChI=1S/C12H21IO/c13-10-11-12(8-9-14-11)6-4-2-1-3-5-7-12/h11H,1-10H2. The zero-order chi connectivity index (χ0) is 9.86. The summed E-state index contributed by atoms with van der Waals surface area (Å²) in [4.78, 5) is 0.